The standard InChI is InChI=1S/C16H25BrN4O2/c1-16(2,23-4)11-21-15(18-3)20-10-9-19-14(22)12-5-7-13(17)8-6-12/h5-8H,9-11H2,1-4H3,(H,19,22)(H2,18,20,21). The topological polar surface area (TPSA) is 74.8 Å². The Morgan fingerprint density at radius 2 is 1.78 bits per heavy atom. The first-order valence-corrected chi connectivity index (χ1v) is 8.20. The molecule has 0 aliphatic heterocycles. The van der Waals surface area contributed by atoms with Crippen LogP contribution in [0.4, 0.5) is 0 Å². The number of aliphatic imine (C=N–C) groups is 1. The maximum atomic E-state index is 11.9. The Bertz CT molecular complexity index is 529. The lowest BCUT2D eigenvalue weighted by molar-refractivity contribution is 0.0268. The number of methoxy groups -OCH3 is 1. The van der Waals surface area contributed by atoms with E-state index in [1.165, 1.54) is 0 Å². The molecule has 0 aliphatic rings. The van der Waals surface area contributed by atoms with Crippen LogP contribution in [0.5, 0.6) is 0 Å². The fourth-order valence-electron chi connectivity index (χ4n) is 1.65. The fraction of sp³-hybridized carbons (Fsp3) is 0.500. The number of nitrogens with zero attached hydrogens (tertiary/aromatic N) is 1. The highest BCUT2D eigenvalue weighted by molar-refractivity contribution is 9.10. The van der Waals surface area contributed by atoms with Gasteiger partial charge in [-0.3, -0.25) is 9.79 Å². The summed E-state index contributed by atoms with van der Waals surface area (Å²) in [6.45, 7) is 5.70. The number of hydrogen-bond donors (Lipinski definition) is 3. The zero-order valence-corrected chi connectivity index (χ0v) is 15.7. The Kier molecular flexibility index (Phi) is 8.05. The summed E-state index contributed by atoms with van der Waals surface area (Å²) in [5, 5.41) is 9.18. The van der Waals surface area contributed by atoms with Crippen LogP contribution in [0.3, 0.4) is 0 Å². The number of carbonyl (C=O) groups is 1. The Morgan fingerprint density at radius 3 is 2.35 bits per heavy atom. The predicted octanol–water partition coefficient (Wildman–Crippen LogP) is 1.77. The molecular formula is C16H25BrN4O2. The van der Waals surface area contributed by atoms with Crippen molar-refractivity contribution in [1.82, 2.24) is 16.0 Å². The van der Waals surface area contributed by atoms with E-state index in [4.69, 9.17) is 4.74 Å². The summed E-state index contributed by atoms with van der Waals surface area (Å²) in [4.78, 5) is 16.1. The first kappa shape index (κ1) is 19.4. The molecule has 0 saturated carbocycles. The van der Waals surface area contributed by atoms with Crippen LogP contribution in [-0.2, 0) is 4.74 Å². The van der Waals surface area contributed by atoms with Gasteiger partial charge >= 0.3 is 0 Å². The summed E-state index contributed by atoms with van der Waals surface area (Å²) in [5.74, 6) is 0.579. The van der Waals surface area contributed by atoms with E-state index in [1.54, 1.807) is 26.3 Å². The molecule has 1 amide bonds. The number of hydrogen-bond acceptors (Lipinski definition) is 3. The molecule has 1 aromatic rings. The van der Waals surface area contributed by atoms with Crippen molar-refractivity contribution >= 4 is 27.8 Å². The second kappa shape index (κ2) is 9.52. The van der Waals surface area contributed by atoms with Gasteiger partial charge in [-0.25, -0.2) is 0 Å². The van der Waals surface area contributed by atoms with Gasteiger partial charge in [-0.1, -0.05) is 15.9 Å². The van der Waals surface area contributed by atoms with Gasteiger partial charge in [0.05, 0.1) is 5.60 Å². The number of halogens is 1. The molecule has 0 atom stereocenters. The first-order valence-electron chi connectivity index (χ1n) is 7.41. The van der Waals surface area contributed by atoms with Crippen LogP contribution in [0.2, 0.25) is 0 Å². The lowest BCUT2D eigenvalue weighted by Gasteiger charge is -2.24. The van der Waals surface area contributed by atoms with Crippen LogP contribution in [-0.4, -0.2) is 51.3 Å². The number of benzene rings is 1. The second-order valence-electron chi connectivity index (χ2n) is 5.58. The molecule has 23 heavy (non-hydrogen) atoms. The molecule has 0 saturated heterocycles. The molecule has 1 aromatic carbocycles. The average Bonchev–Trinajstić information content (AvgIpc) is 2.54. The summed E-state index contributed by atoms with van der Waals surface area (Å²) >= 11 is 3.35. The van der Waals surface area contributed by atoms with Gasteiger partial charge in [-0.2, -0.15) is 0 Å². The molecule has 0 aliphatic carbocycles. The van der Waals surface area contributed by atoms with E-state index >= 15 is 0 Å². The third-order valence-electron chi connectivity index (χ3n) is 3.27. The van der Waals surface area contributed by atoms with Gasteiger partial charge in [-0.05, 0) is 38.1 Å². The second-order valence-corrected chi connectivity index (χ2v) is 6.49. The van der Waals surface area contributed by atoms with E-state index in [0.717, 1.165) is 4.47 Å². The van der Waals surface area contributed by atoms with Gasteiger partial charge in [0.15, 0.2) is 5.96 Å². The molecule has 128 valence electrons. The van der Waals surface area contributed by atoms with E-state index < -0.39 is 0 Å². The predicted molar refractivity (Wildman–Crippen MR) is 96.9 cm³/mol. The molecule has 0 bridgehead atoms. The van der Waals surface area contributed by atoms with Crippen LogP contribution in [0.1, 0.15) is 24.2 Å². The summed E-state index contributed by atoms with van der Waals surface area (Å²) in [5.41, 5.74) is 0.366. The monoisotopic (exact) mass is 384 g/mol. The van der Waals surface area contributed by atoms with Crippen molar-refractivity contribution in [2.24, 2.45) is 4.99 Å². The van der Waals surface area contributed by atoms with Crippen molar-refractivity contribution < 1.29 is 9.53 Å². The van der Waals surface area contributed by atoms with Crippen molar-refractivity contribution in [3.05, 3.63) is 34.3 Å². The minimum Gasteiger partial charge on any atom is -0.377 e. The molecule has 0 aromatic heterocycles. The van der Waals surface area contributed by atoms with Crippen molar-refractivity contribution in [2.45, 2.75) is 19.4 Å². The van der Waals surface area contributed by atoms with Crippen LogP contribution >= 0.6 is 15.9 Å². The van der Waals surface area contributed by atoms with Gasteiger partial charge in [0.25, 0.3) is 5.91 Å². The van der Waals surface area contributed by atoms with Crippen LogP contribution < -0.4 is 16.0 Å². The van der Waals surface area contributed by atoms with Crippen molar-refractivity contribution in [3.8, 4) is 0 Å². The first-order chi connectivity index (χ1) is 10.9. The number of amides is 1. The molecule has 1 rings (SSSR count). The summed E-state index contributed by atoms with van der Waals surface area (Å²) < 4.78 is 6.29. The zero-order chi connectivity index (χ0) is 17.3. The normalized spacial score (nSPS) is 12.0. The smallest absolute Gasteiger partial charge is 0.251 e. The van der Waals surface area contributed by atoms with E-state index in [0.29, 0.717) is 31.2 Å². The van der Waals surface area contributed by atoms with E-state index in [1.807, 2.05) is 26.0 Å². The SMILES string of the molecule is CN=C(NCCNC(=O)c1ccc(Br)cc1)NCC(C)(C)OC. The maximum absolute atomic E-state index is 11.9. The lowest BCUT2D eigenvalue weighted by atomic mass is 10.1. The third kappa shape index (κ3) is 7.47. The van der Waals surface area contributed by atoms with E-state index in [2.05, 4.69) is 36.9 Å². The summed E-state index contributed by atoms with van der Waals surface area (Å²) in [7, 11) is 3.38. The van der Waals surface area contributed by atoms with Crippen LogP contribution in [0, 0.1) is 0 Å². The van der Waals surface area contributed by atoms with Crippen molar-refractivity contribution in [1.29, 1.82) is 0 Å². The number of carbonyl (C=O) groups excluding carboxylic acids is 1. The highest BCUT2D eigenvalue weighted by atomic mass is 79.9. The highest BCUT2D eigenvalue weighted by Crippen LogP contribution is 2.10. The molecular weight excluding hydrogens is 360 g/mol. The molecule has 0 spiro atoms. The minimum atomic E-state index is -0.270. The largest absolute Gasteiger partial charge is 0.377 e. The summed E-state index contributed by atoms with van der Waals surface area (Å²) in [6, 6.07) is 7.24. The molecule has 0 heterocycles. The molecule has 7 heteroatoms. The van der Waals surface area contributed by atoms with Crippen LogP contribution in [0.15, 0.2) is 33.7 Å². The third-order valence-corrected chi connectivity index (χ3v) is 3.80. The van der Waals surface area contributed by atoms with E-state index in [9.17, 15) is 4.79 Å². The quantitative estimate of drug-likeness (QED) is 0.380. The van der Waals surface area contributed by atoms with Gasteiger partial charge < -0.3 is 20.7 Å². The number of ether oxygens (including phenoxy) is 1. The molecule has 6 nitrogen and oxygen atoms in total. The Morgan fingerprint density at radius 1 is 1.17 bits per heavy atom. The molecule has 0 radical (unpaired) electrons. The van der Waals surface area contributed by atoms with Crippen LogP contribution in [0.25, 0.3) is 0 Å². The maximum Gasteiger partial charge on any atom is 0.251 e. The number of guanidine groups is 1. The summed E-state index contributed by atoms with van der Waals surface area (Å²) in [6.07, 6.45) is 0. The van der Waals surface area contributed by atoms with Crippen molar-refractivity contribution in [3.63, 3.8) is 0 Å². The zero-order valence-electron chi connectivity index (χ0n) is 14.1. The highest BCUT2D eigenvalue weighted by Gasteiger charge is 2.16. The van der Waals surface area contributed by atoms with E-state index in [-0.39, 0.29) is 11.5 Å². The van der Waals surface area contributed by atoms with Gasteiger partial charge in [0.2, 0.25) is 0 Å². The Labute approximate surface area is 146 Å². The fourth-order valence-corrected chi connectivity index (χ4v) is 1.91. The average molecular weight is 385 g/mol. The lowest BCUT2D eigenvalue weighted by Crippen LogP contribution is -2.46. The minimum absolute atomic E-state index is 0.0947. The number of nitrogens with one attached hydrogen (secondary N) is 3. The van der Waals surface area contributed by atoms with Gasteiger partial charge in [-0.15, -0.1) is 0 Å². The van der Waals surface area contributed by atoms with Gasteiger partial charge in [0, 0.05) is 43.8 Å². The molecule has 0 fully saturated rings. The molecule has 3 N–H and O–H groups in total. The van der Waals surface area contributed by atoms with Gasteiger partial charge in [0.1, 0.15) is 0 Å². The van der Waals surface area contributed by atoms with Crippen molar-refractivity contribution in [2.75, 3.05) is 33.8 Å². The molecule has 0 unspecified atom stereocenters. The number of rotatable bonds is 7. The Balaban J connectivity index is 2.30. The Hall–Kier alpha value is -1.60.